The van der Waals surface area contributed by atoms with E-state index in [9.17, 15) is 9.59 Å². The third-order valence-electron chi connectivity index (χ3n) is 4.64. The fourth-order valence-corrected chi connectivity index (χ4v) is 3.22. The van der Waals surface area contributed by atoms with E-state index in [2.05, 4.69) is 16.9 Å². The van der Waals surface area contributed by atoms with Gasteiger partial charge >= 0.3 is 5.97 Å². The number of fused-ring (bicyclic) bond motifs is 1. The zero-order chi connectivity index (χ0) is 17.1. The third kappa shape index (κ3) is 3.48. The Balaban J connectivity index is 1.83. The number of aromatic amines is 1. The number of hydrogen-bond acceptors (Lipinski definition) is 5. The number of carbonyl (C=O) groups is 1. The molecule has 3 rings (SSSR count). The highest BCUT2D eigenvalue weighted by Gasteiger charge is 2.22. The summed E-state index contributed by atoms with van der Waals surface area (Å²) in [4.78, 5) is 31.0. The summed E-state index contributed by atoms with van der Waals surface area (Å²) in [5, 5.41) is 0.442. The van der Waals surface area contributed by atoms with Gasteiger partial charge in [0.15, 0.2) is 0 Å². The van der Waals surface area contributed by atoms with Crippen molar-refractivity contribution in [2.45, 2.75) is 45.3 Å². The van der Waals surface area contributed by atoms with Crippen LogP contribution in [0.3, 0.4) is 0 Å². The molecule has 1 aliphatic carbocycles. The minimum Gasteiger partial charge on any atom is -0.465 e. The molecule has 24 heavy (non-hydrogen) atoms. The van der Waals surface area contributed by atoms with Gasteiger partial charge in [-0.2, -0.15) is 0 Å². The van der Waals surface area contributed by atoms with E-state index in [1.807, 2.05) is 0 Å². The maximum atomic E-state index is 12.2. The third-order valence-corrected chi connectivity index (χ3v) is 4.64. The zero-order valence-electron chi connectivity index (χ0n) is 14.0. The normalized spacial score (nSPS) is 20.9. The van der Waals surface area contributed by atoms with Gasteiger partial charge in [-0.3, -0.25) is 4.79 Å². The molecule has 1 heterocycles. The molecule has 0 aliphatic heterocycles. The number of hydrogen-bond donors (Lipinski definition) is 1. The minimum absolute atomic E-state index is 0.209. The summed E-state index contributed by atoms with van der Waals surface area (Å²) >= 11 is 0. The van der Waals surface area contributed by atoms with Crippen LogP contribution in [0.2, 0.25) is 0 Å². The molecule has 2 unspecified atom stereocenters. The fraction of sp³-hybridized carbons (Fsp3) is 0.500. The molecular weight excluding hydrogens is 308 g/mol. The second kappa shape index (κ2) is 7.13. The maximum Gasteiger partial charge on any atom is 0.337 e. The molecule has 0 spiro atoms. The Labute approximate surface area is 140 Å². The lowest BCUT2D eigenvalue weighted by molar-refractivity contribution is -0.0181. The monoisotopic (exact) mass is 330 g/mol. The highest BCUT2D eigenvalue weighted by atomic mass is 16.5. The Morgan fingerprint density at radius 2 is 2.12 bits per heavy atom. The molecule has 6 heteroatoms. The first-order valence-corrected chi connectivity index (χ1v) is 8.31. The van der Waals surface area contributed by atoms with Gasteiger partial charge in [0.05, 0.1) is 29.7 Å². The van der Waals surface area contributed by atoms with E-state index in [-0.39, 0.29) is 18.3 Å². The van der Waals surface area contributed by atoms with Crippen molar-refractivity contribution in [2.75, 3.05) is 7.11 Å². The van der Waals surface area contributed by atoms with Crippen molar-refractivity contribution in [1.29, 1.82) is 0 Å². The van der Waals surface area contributed by atoms with Crippen molar-refractivity contribution in [2.24, 2.45) is 5.92 Å². The van der Waals surface area contributed by atoms with Crippen molar-refractivity contribution >= 4 is 16.9 Å². The number of methoxy groups -OCH3 is 1. The van der Waals surface area contributed by atoms with Crippen LogP contribution < -0.4 is 5.56 Å². The first-order valence-electron chi connectivity index (χ1n) is 8.31. The van der Waals surface area contributed by atoms with Gasteiger partial charge < -0.3 is 14.5 Å². The van der Waals surface area contributed by atoms with Gasteiger partial charge in [0.1, 0.15) is 12.4 Å². The Morgan fingerprint density at radius 3 is 2.88 bits per heavy atom. The summed E-state index contributed by atoms with van der Waals surface area (Å²) in [5.41, 5.74) is 0.611. The smallest absolute Gasteiger partial charge is 0.337 e. The van der Waals surface area contributed by atoms with E-state index >= 15 is 0 Å². The van der Waals surface area contributed by atoms with Gasteiger partial charge in [0.2, 0.25) is 0 Å². The maximum absolute atomic E-state index is 12.2. The van der Waals surface area contributed by atoms with Gasteiger partial charge in [-0.25, -0.2) is 9.78 Å². The number of carbonyl (C=O) groups excluding carboxylic acids is 1. The van der Waals surface area contributed by atoms with Crippen LogP contribution in [-0.2, 0) is 16.1 Å². The Kier molecular flexibility index (Phi) is 4.94. The molecule has 1 aromatic carbocycles. The molecule has 1 aliphatic rings. The molecule has 1 fully saturated rings. The van der Waals surface area contributed by atoms with E-state index in [1.54, 1.807) is 18.2 Å². The second-order valence-electron chi connectivity index (χ2n) is 6.35. The minimum atomic E-state index is -0.451. The second-order valence-corrected chi connectivity index (χ2v) is 6.35. The molecule has 2 atom stereocenters. The van der Waals surface area contributed by atoms with E-state index < -0.39 is 5.97 Å². The first-order chi connectivity index (χ1) is 11.6. The van der Waals surface area contributed by atoms with E-state index in [0.29, 0.717) is 28.2 Å². The summed E-state index contributed by atoms with van der Waals surface area (Å²) in [6, 6.07) is 4.72. The summed E-state index contributed by atoms with van der Waals surface area (Å²) in [5.74, 6) is 0.553. The lowest BCUT2D eigenvalue weighted by Crippen LogP contribution is -2.26. The van der Waals surface area contributed by atoms with Gasteiger partial charge in [0.25, 0.3) is 5.56 Å². The molecule has 0 amide bonds. The predicted octanol–water partition coefficient (Wildman–Crippen LogP) is 2.81. The van der Waals surface area contributed by atoms with Crippen LogP contribution in [0.5, 0.6) is 0 Å². The van der Waals surface area contributed by atoms with Crippen molar-refractivity contribution in [3.8, 4) is 0 Å². The standard InChI is InChI=1S/C18H22N2O4/c1-11-5-3-4-6-15(11)24-10-16-19-14-9-12(18(22)23-2)7-8-13(14)17(21)20-16/h7-9,11,15H,3-6,10H2,1-2H3,(H,19,20,21). The summed E-state index contributed by atoms with van der Waals surface area (Å²) in [7, 11) is 1.32. The van der Waals surface area contributed by atoms with Crippen LogP contribution in [0.1, 0.15) is 48.8 Å². The average Bonchev–Trinajstić information content (AvgIpc) is 2.60. The van der Waals surface area contributed by atoms with E-state index in [1.165, 1.54) is 26.4 Å². The van der Waals surface area contributed by atoms with Crippen molar-refractivity contribution in [1.82, 2.24) is 9.97 Å². The number of ether oxygens (including phenoxy) is 2. The largest absolute Gasteiger partial charge is 0.465 e. The van der Waals surface area contributed by atoms with Crippen LogP contribution in [0.15, 0.2) is 23.0 Å². The number of esters is 1. The lowest BCUT2D eigenvalue weighted by atomic mass is 9.88. The number of rotatable bonds is 4. The number of nitrogens with one attached hydrogen (secondary N) is 1. The summed E-state index contributed by atoms with van der Waals surface area (Å²) in [6.45, 7) is 2.46. The van der Waals surface area contributed by atoms with Gasteiger partial charge in [-0.1, -0.05) is 19.8 Å². The van der Waals surface area contributed by atoms with Crippen molar-refractivity contribution in [3.63, 3.8) is 0 Å². The van der Waals surface area contributed by atoms with Gasteiger partial charge in [-0.15, -0.1) is 0 Å². The van der Waals surface area contributed by atoms with Crippen molar-refractivity contribution in [3.05, 3.63) is 39.9 Å². The highest BCUT2D eigenvalue weighted by molar-refractivity contribution is 5.93. The van der Waals surface area contributed by atoms with Crippen LogP contribution in [0.25, 0.3) is 10.9 Å². The Hall–Kier alpha value is -2.21. The molecule has 6 nitrogen and oxygen atoms in total. The predicted molar refractivity (Wildman–Crippen MR) is 89.9 cm³/mol. The molecule has 2 aromatic rings. The van der Waals surface area contributed by atoms with E-state index in [0.717, 1.165) is 6.42 Å². The van der Waals surface area contributed by atoms with Crippen LogP contribution in [0.4, 0.5) is 0 Å². The van der Waals surface area contributed by atoms with Crippen molar-refractivity contribution < 1.29 is 14.3 Å². The molecule has 1 N–H and O–H groups in total. The Morgan fingerprint density at radius 1 is 1.33 bits per heavy atom. The first kappa shape index (κ1) is 16.6. The topological polar surface area (TPSA) is 81.3 Å². The quantitative estimate of drug-likeness (QED) is 0.872. The number of benzene rings is 1. The van der Waals surface area contributed by atoms with E-state index in [4.69, 9.17) is 9.47 Å². The number of nitrogens with zero attached hydrogens (tertiary/aromatic N) is 1. The SMILES string of the molecule is COC(=O)c1ccc2c(=O)[nH]c(COC3CCCCC3C)nc2c1. The van der Waals surface area contributed by atoms with Crippen LogP contribution >= 0.6 is 0 Å². The molecule has 0 radical (unpaired) electrons. The molecule has 0 bridgehead atoms. The molecular formula is C18H22N2O4. The van der Waals surface area contributed by atoms with Crippen LogP contribution in [-0.4, -0.2) is 29.2 Å². The Bertz CT molecular complexity index is 799. The van der Waals surface area contributed by atoms with Gasteiger partial charge in [0, 0.05) is 0 Å². The zero-order valence-corrected chi connectivity index (χ0v) is 14.0. The molecule has 1 saturated carbocycles. The number of H-pyrrole nitrogens is 1. The molecule has 0 saturated heterocycles. The number of aromatic nitrogens is 2. The lowest BCUT2D eigenvalue weighted by Gasteiger charge is -2.28. The summed E-state index contributed by atoms with van der Waals surface area (Å²) < 4.78 is 10.7. The highest BCUT2D eigenvalue weighted by Crippen LogP contribution is 2.26. The average molecular weight is 330 g/mol. The summed E-state index contributed by atoms with van der Waals surface area (Å²) in [6.07, 6.45) is 4.86. The fourth-order valence-electron chi connectivity index (χ4n) is 3.22. The van der Waals surface area contributed by atoms with Gasteiger partial charge in [-0.05, 0) is 37.0 Å². The van der Waals surface area contributed by atoms with Crippen LogP contribution in [0, 0.1) is 5.92 Å². The molecule has 1 aromatic heterocycles. The molecule has 128 valence electrons.